The van der Waals surface area contributed by atoms with Crippen molar-refractivity contribution in [2.45, 2.75) is 26.3 Å². The summed E-state index contributed by atoms with van der Waals surface area (Å²) in [6.07, 6.45) is 0.798. The Morgan fingerprint density at radius 2 is 1.78 bits per heavy atom. The van der Waals surface area contributed by atoms with Gasteiger partial charge in [-0.15, -0.1) is 0 Å². The third-order valence-corrected chi connectivity index (χ3v) is 5.23. The molecule has 0 saturated heterocycles. The van der Waals surface area contributed by atoms with E-state index < -0.39 is 0 Å². The lowest BCUT2D eigenvalue weighted by Gasteiger charge is -2.29. The third kappa shape index (κ3) is 2.59. The highest BCUT2D eigenvalue weighted by atomic mass is 16.2. The number of benzene rings is 1. The van der Waals surface area contributed by atoms with Crippen LogP contribution in [-0.4, -0.2) is 30.9 Å². The monoisotopic (exact) mass is 366 g/mol. The lowest BCUT2D eigenvalue weighted by molar-refractivity contribution is 0.633. The van der Waals surface area contributed by atoms with E-state index in [0.717, 1.165) is 16.7 Å². The minimum atomic E-state index is -0.385. The van der Waals surface area contributed by atoms with Crippen LogP contribution in [0.2, 0.25) is 0 Å². The first-order valence-electron chi connectivity index (χ1n) is 8.94. The molecule has 8 nitrogen and oxygen atoms in total. The van der Waals surface area contributed by atoms with Gasteiger partial charge >= 0.3 is 5.69 Å². The van der Waals surface area contributed by atoms with E-state index in [-0.39, 0.29) is 17.3 Å². The molecule has 3 heterocycles. The first kappa shape index (κ1) is 17.3. The van der Waals surface area contributed by atoms with Gasteiger partial charge in [0.25, 0.3) is 5.56 Å². The van der Waals surface area contributed by atoms with Crippen molar-refractivity contribution in [1.82, 2.24) is 18.7 Å². The Kier molecular flexibility index (Phi) is 3.98. The van der Waals surface area contributed by atoms with Crippen LogP contribution in [0.1, 0.15) is 25.5 Å². The van der Waals surface area contributed by atoms with Crippen LogP contribution in [0.25, 0.3) is 11.2 Å². The van der Waals surface area contributed by atoms with Crippen molar-refractivity contribution in [3.8, 4) is 0 Å². The summed E-state index contributed by atoms with van der Waals surface area (Å²) in [5, 5.41) is 6.52. The SMILES string of the molecule is CC1=NN(CCc2ccccc2)c2nc3c(c(=O)n(C)c(=O)n3C)n2C1C. The Labute approximate surface area is 156 Å². The number of fused-ring (bicyclic) bond motifs is 3. The number of hydrogen-bond donors (Lipinski definition) is 0. The zero-order valence-electron chi connectivity index (χ0n) is 15.9. The number of anilines is 1. The van der Waals surface area contributed by atoms with Crippen molar-refractivity contribution < 1.29 is 0 Å². The third-order valence-electron chi connectivity index (χ3n) is 5.23. The van der Waals surface area contributed by atoms with Crippen LogP contribution in [-0.2, 0) is 20.5 Å². The highest BCUT2D eigenvalue weighted by Crippen LogP contribution is 2.29. The van der Waals surface area contributed by atoms with Gasteiger partial charge in [0.15, 0.2) is 11.2 Å². The maximum Gasteiger partial charge on any atom is 0.332 e. The highest BCUT2D eigenvalue weighted by molar-refractivity contribution is 5.91. The second kappa shape index (κ2) is 6.22. The Bertz CT molecular complexity index is 1170. The predicted molar refractivity (Wildman–Crippen MR) is 106 cm³/mol. The van der Waals surface area contributed by atoms with Crippen LogP contribution < -0.4 is 16.3 Å². The Hall–Kier alpha value is -3.16. The highest BCUT2D eigenvalue weighted by Gasteiger charge is 2.30. The molecule has 0 saturated carbocycles. The van der Waals surface area contributed by atoms with Gasteiger partial charge in [-0.3, -0.25) is 18.5 Å². The minimum Gasteiger partial charge on any atom is -0.294 e. The van der Waals surface area contributed by atoms with Crippen LogP contribution in [0.4, 0.5) is 5.95 Å². The van der Waals surface area contributed by atoms with E-state index in [1.165, 1.54) is 17.2 Å². The molecule has 1 aromatic carbocycles. The number of rotatable bonds is 3. The maximum atomic E-state index is 12.8. The molecule has 0 aliphatic carbocycles. The molecule has 0 radical (unpaired) electrons. The van der Waals surface area contributed by atoms with Crippen LogP contribution in [0.15, 0.2) is 45.0 Å². The summed E-state index contributed by atoms with van der Waals surface area (Å²) in [5.41, 5.74) is 2.20. The summed E-state index contributed by atoms with van der Waals surface area (Å²) in [5.74, 6) is 0.595. The Morgan fingerprint density at radius 3 is 2.48 bits per heavy atom. The predicted octanol–water partition coefficient (Wildman–Crippen LogP) is 1.43. The molecule has 1 aliphatic rings. The number of aromatic nitrogens is 4. The Balaban J connectivity index is 1.86. The quantitative estimate of drug-likeness (QED) is 0.703. The van der Waals surface area contributed by atoms with Crippen LogP contribution >= 0.6 is 0 Å². The van der Waals surface area contributed by atoms with Crippen LogP contribution in [0.3, 0.4) is 0 Å². The van der Waals surface area contributed by atoms with Gasteiger partial charge in [-0.25, -0.2) is 9.80 Å². The van der Waals surface area contributed by atoms with Gasteiger partial charge in [-0.05, 0) is 25.8 Å². The van der Waals surface area contributed by atoms with E-state index in [4.69, 9.17) is 0 Å². The molecule has 0 fully saturated rings. The molecule has 3 aromatic rings. The van der Waals surface area contributed by atoms with E-state index in [9.17, 15) is 9.59 Å². The fraction of sp³-hybridized carbons (Fsp3) is 0.368. The van der Waals surface area contributed by atoms with E-state index in [1.54, 1.807) is 7.05 Å². The number of hydrazone groups is 1. The molecule has 0 bridgehead atoms. The van der Waals surface area contributed by atoms with Crippen LogP contribution in [0, 0.1) is 0 Å². The molecule has 1 aliphatic heterocycles. The molecule has 0 spiro atoms. The smallest absolute Gasteiger partial charge is 0.294 e. The van der Waals surface area contributed by atoms with Gasteiger partial charge < -0.3 is 0 Å². The normalized spacial score (nSPS) is 16.5. The number of hydrogen-bond acceptors (Lipinski definition) is 5. The molecule has 0 amide bonds. The lowest BCUT2D eigenvalue weighted by Crippen LogP contribution is -2.38. The maximum absolute atomic E-state index is 12.8. The molecule has 27 heavy (non-hydrogen) atoms. The summed E-state index contributed by atoms with van der Waals surface area (Å²) in [6, 6.07) is 10.1. The van der Waals surface area contributed by atoms with Gasteiger partial charge in [-0.1, -0.05) is 30.3 Å². The molecule has 1 atom stereocenters. The van der Waals surface area contributed by atoms with E-state index in [0.29, 0.717) is 23.7 Å². The number of aryl methyl sites for hydroxylation is 1. The van der Waals surface area contributed by atoms with Gasteiger partial charge in [0.2, 0.25) is 5.95 Å². The molecule has 4 rings (SSSR count). The topological polar surface area (TPSA) is 77.4 Å². The first-order valence-corrected chi connectivity index (χ1v) is 8.94. The van der Waals surface area contributed by atoms with Crippen molar-refractivity contribution >= 4 is 22.8 Å². The average Bonchev–Trinajstić information content (AvgIpc) is 3.08. The zero-order chi connectivity index (χ0) is 19.3. The number of nitrogens with zero attached hydrogens (tertiary/aromatic N) is 6. The zero-order valence-corrected chi connectivity index (χ0v) is 15.9. The second-order valence-corrected chi connectivity index (χ2v) is 6.94. The molecule has 0 N–H and O–H groups in total. The standard InChI is InChI=1S/C19H22N6O2/c1-12-13(2)25-15-16(22(3)19(27)23(4)17(15)26)20-18(25)24(21-12)11-10-14-8-6-5-7-9-14/h5-9,13H,10-11H2,1-4H3. The van der Waals surface area contributed by atoms with Gasteiger partial charge in [0, 0.05) is 20.6 Å². The van der Waals surface area contributed by atoms with E-state index >= 15 is 0 Å². The van der Waals surface area contributed by atoms with Crippen molar-refractivity contribution in [2.24, 2.45) is 19.2 Å². The molecular weight excluding hydrogens is 344 g/mol. The van der Waals surface area contributed by atoms with Gasteiger partial charge in [0.05, 0.1) is 11.8 Å². The van der Waals surface area contributed by atoms with Crippen molar-refractivity contribution in [1.29, 1.82) is 0 Å². The molecule has 1 unspecified atom stereocenters. The fourth-order valence-electron chi connectivity index (χ4n) is 3.49. The van der Waals surface area contributed by atoms with E-state index in [1.807, 2.05) is 41.6 Å². The first-order chi connectivity index (χ1) is 12.9. The number of imidazole rings is 1. The summed E-state index contributed by atoms with van der Waals surface area (Å²) in [6.45, 7) is 4.57. The molecule has 140 valence electrons. The molecule has 2 aromatic heterocycles. The summed E-state index contributed by atoms with van der Waals surface area (Å²) in [7, 11) is 3.13. The minimum absolute atomic E-state index is 0.108. The summed E-state index contributed by atoms with van der Waals surface area (Å²) >= 11 is 0. The van der Waals surface area contributed by atoms with Gasteiger partial charge in [-0.2, -0.15) is 10.1 Å². The van der Waals surface area contributed by atoms with Gasteiger partial charge in [0.1, 0.15) is 0 Å². The van der Waals surface area contributed by atoms with Crippen molar-refractivity contribution in [2.75, 3.05) is 11.6 Å². The average molecular weight is 366 g/mol. The lowest BCUT2D eigenvalue weighted by atomic mass is 10.1. The molecule has 8 heteroatoms. The van der Waals surface area contributed by atoms with Crippen LogP contribution in [0.5, 0.6) is 0 Å². The fourth-order valence-corrected chi connectivity index (χ4v) is 3.49. The largest absolute Gasteiger partial charge is 0.332 e. The molecular formula is C19H22N6O2. The Morgan fingerprint density at radius 1 is 1.07 bits per heavy atom. The van der Waals surface area contributed by atoms with Crippen molar-refractivity contribution in [3.05, 3.63) is 56.7 Å². The summed E-state index contributed by atoms with van der Waals surface area (Å²) < 4.78 is 4.43. The van der Waals surface area contributed by atoms with Crippen molar-refractivity contribution in [3.63, 3.8) is 0 Å². The second-order valence-electron chi connectivity index (χ2n) is 6.94. The van der Waals surface area contributed by atoms with E-state index in [2.05, 4.69) is 22.2 Å². The summed E-state index contributed by atoms with van der Waals surface area (Å²) in [4.78, 5) is 29.7.